The van der Waals surface area contributed by atoms with Crippen molar-refractivity contribution in [3.63, 3.8) is 0 Å². The van der Waals surface area contributed by atoms with E-state index in [1.807, 2.05) is 18.2 Å². The van der Waals surface area contributed by atoms with Gasteiger partial charge in [0.05, 0.1) is 0 Å². The molecule has 2 nitrogen and oxygen atoms in total. The van der Waals surface area contributed by atoms with Gasteiger partial charge in [0, 0.05) is 29.9 Å². The molecular formula is C14H14F2N2. The fourth-order valence-electron chi connectivity index (χ4n) is 1.89. The van der Waals surface area contributed by atoms with E-state index < -0.39 is 11.6 Å². The zero-order valence-corrected chi connectivity index (χ0v) is 10.0. The van der Waals surface area contributed by atoms with Gasteiger partial charge in [-0.2, -0.15) is 0 Å². The quantitative estimate of drug-likeness (QED) is 0.900. The van der Waals surface area contributed by atoms with Crippen LogP contribution in [0.2, 0.25) is 0 Å². The number of aromatic nitrogens is 1. The van der Waals surface area contributed by atoms with Crippen LogP contribution in [-0.2, 0) is 6.42 Å². The van der Waals surface area contributed by atoms with E-state index >= 15 is 0 Å². The standard InChI is InChI=1S/C14H14F2N2/c1-17-13(9-10-5-2-3-8-18-10)11-6-4-7-12(15)14(11)16/h2-8,13,17H,9H2,1H3. The number of halogens is 2. The molecule has 1 aromatic carbocycles. The number of rotatable bonds is 4. The highest BCUT2D eigenvalue weighted by molar-refractivity contribution is 5.24. The number of pyridine rings is 1. The molecule has 0 fully saturated rings. The molecule has 0 radical (unpaired) electrons. The second-order valence-corrected chi connectivity index (χ2v) is 4.01. The Labute approximate surface area is 105 Å². The molecule has 2 rings (SSSR count). The van der Waals surface area contributed by atoms with Crippen LogP contribution in [0.1, 0.15) is 17.3 Å². The van der Waals surface area contributed by atoms with Crippen LogP contribution >= 0.6 is 0 Å². The summed E-state index contributed by atoms with van der Waals surface area (Å²) in [6.07, 6.45) is 2.20. The van der Waals surface area contributed by atoms with Crippen molar-refractivity contribution in [2.75, 3.05) is 7.05 Å². The lowest BCUT2D eigenvalue weighted by atomic mass is 10.0. The minimum atomic E-state index is -0.825. The number of hydrogen-bond donors (Lipinski definition) is 1. The van der Waals surface area contributed by atoms with Gasteiger partial charge < -0.3 is 5.32 Å². The minimum absolute atomic E-state index is 0.296. The molecule has 1 aromatic heterocycles. The third-order valence-corrected chi connectivity index (χ3v) is 2.84. The van der Waals surface area contributed by atoms with E-state index in [0.717, 1.165) is 11.8 Å². The van der Waals surface area contributed by atoms with Crippen molar-refractivity contribution < 1.29 is 8.78 Å². The average molecular weight is 248 g/mol. The third kappa shape index (κ3) is 2.71. The molecule has 0 bridgehead atoms. The lowest BCUT2D eigenvalue weighted by molar-refractivity contribution is 0.472. The van der Waals surface area contributed by atoms with Crippen LogP contribution in [-0.4, -0.2) is 12.0 Å². The van der Waals surface area contributed by atoms with Crippen molar-refractivity contribution >= 4 is 0 Å². The monoisotopic (exact) mass is 248 g/mol. The lowest BCUT2D eigenvalue weighted by Gasteiger charge is -2.17. The van der Waals surface area contributed by atoms with Gasteiger partial charge in [-0.05, 0) is 25.2 Å². The smallest absolute Gasteiger partial charge is 0.163 e. The van der Waals surface area contributed by atoms with E-state index in [2.05, 4.69) is 10.3 Å². The molecule has 2 aromatic rings. The van der Waals surface area contributed by atoms with Crippen molar-refractivity contribution in [1.29, 1.82) is 0 Å². The summed E-state index contributed by atoms with van der Waals surface area (Å²) in [5.41, 5.74) is 1.16. The van der Waals surface area contributed by atoms with E-state index in [0.29, 0.717) is 12.0 Å². The Kier molecular flexibility index (Phi) is 3.99. The van der Waals surface area contributed by atoms with E-state index in [1.165, 1.54) is 6.07 Å². The topological polar surface area (TPSA) is 24.9 Å². The number of hydrogen-bond acceptors (Lipinski definition) is 2. The molecule has 94 valence electrons. The van der Waals surface area contributed by atoms with E-state index in [-0.39, 0.29) is 6.04 Å². The lowest BCUT2D eigenvalue weighted by Crippen LogP contribution is -2.21. The molecule has 0 saturated heterocycles. The van der Waals surface area contributed by atoms with Gasteiger partial charge in [-0.15, -0.1) is 0 Å². The molecule has 0 aliphatic rings. The van der Waals surface area contributed by atoms with Crippen LogP contribution < -0.4 is 5.32 Å². The minimum Gasteiger partial charge on any atom is -0.313 e. The first-order chi connectivity index (χ1) is 8.72. The van der Waals surface area contributed by atoms with Crippen molar-refractivity contribution in [3.05, 3.63) is 65.5 Å². The first kappa shape index (κ1) is 12.6. The van der Waals surface area contributed by atoms with Crippen LogP contribution in [0.15, 0.2) is 42.6 Å². The fourth-order valence-corrected chi connectivity index (χ4v) is 1.89. The predicted molar refractivity (Wildman–Crippen MR) is 66.1 cm³/mol. The summed E-state index contributed by atoms with van der Waals surface area (Å²) in [6, 6.07) is 9.47. The summed E-state index contributed by atoms with van der Waals surface area (Å²) >= 11 is 0. The Morgan fingerprint density at radius 3 is 2.67 bits per heavy atom. The van der Waals surface area contributed by atoms with E-state index in [9.17, 15) is 8.78 Å². The summed E-state index contributed by atoms with van der Waals surface area (Å²) < 4.78 is 26.9. The Morgan fingerprint density at radius 1 is 1.17 bits per heavy atom. The third-order valence-electron chi connectivity index (χ3n) is 2.84. The van der Waals surface area contributed by atoms with Crippen LogP contribution in [0.4, 0.5) is 8.78 Å². The fraction of sp³-hybridized carbons (Fsp3) is 0.214. The van der Waals surface area contributed by atoms with Crippen LogP contribution in [0.3, 0.4) is 0 Å². The van der Waals surface area contributed by atoms with Gasteiger partial charge >= 0.3 is 0 Å². The van der Waals surface area contributed by atoms with Crippen molar-refractivity contribution in [3.8, 4) is 0 Å². The second kappa shape index (κ2) is 5.69. The molecule has 0 amide bonds. The van der Waals surface area contributed by atoms with Gasteiger partial charge in [0.15, 0.2) is 11.6 Å². The Morgan fingerprint density at radius 2 is 2.00 bits per heavy atom. The van der Waals surface area contributed by atoms with Crippen LogP contribution in [0, 0.1) is 11.6 Å². The molecule has 1 atom stereocenters. The maximum absolute atomic E-state index is 13.7. The average Bonchev–Trinajstić information content (AvgIpc) is 2.41. The van der Waals surface area contributed by atoms with Gasteiger partial charge in [0.2, 0.25) is 0 Å². The van der Waals surface area contributed by atoms with E-state index in [4.69, 9.17) is 0 Å². The molecule has 0 aliphatic heterocycles. The highest BCUT2D eigenvalue weighted by atomic mass is 19.2. The number of nitrogens with one attached hydrogen (secondary N) is 1. The number of likely N-dealkylation sites (N-methyl/N-ethyl adjacent to an activating group) is 1. The van der Waals surface area contributed by atoms with Crippen LogP contribution in [0.25, 0.3) is 0 Å². The van der Waals surface area contributed by atoms with Gasteiger partial charge in [0.1, 0.15) is 0 Å². The van der Waals surface area contributed by atoms with Gasteiger partial charge in [-0.3, -0.25) is 4.98 Å². The highest BCUT2D eigenvalue weighted by Crippen LogP contribution is 2.21. The zero-order chi connectivity index (χ0) is 13.0. The maximum Gasteiger partial charge on any atom is 0.163 e. The molecule has 0 spiro atoms. The molecule has 4 heteroatoms. The largest absolute Gasteiger partial charge is 0.313 e. The summed E-state index contributed by atoms with van der Waals surface area (Å²) in [6.45, 7) is 0. The number of nitrogens with zero attached hydrogens (tertiary/aromatic N) is 1. The molecule has 1 N–H and O–H groups in total. The second-order valence-electron chi connectivity index (χ2n) is 4.01. The molecular weight excluding hydrogens is 234 g/mol. The molecule has 0 saturated carbocycles. The van der Waals surface area contributed by atoms with Crippen molar-refractivity contribution in [2.24, 2.45) is 0 Å². The first-order valence-corrected chi connectivity index (χ1v) is 5.73. The highest BCUT2D eigenvalue weighted by Gasteiger charge is 2.17. The molecule has 0 aliphatic carbocycles. The predicted octanol–water partition coefficient (Wildman–Crippen LogP) is 2.86. The SMILES string of the molecule is CNC(Cc1ccccn1)c1cccc(F)c1F. The van der Waals surface area contributed by atoms with Crippen molar-refractivity contribution in [1.82, 2.24) is 10.3 Å². The molecule has 18 heavy (non-hydrogen) atoms. The Hall–Kier alpha value is -1.81. The number of benzene rings is 1. The Balaban J connectivity index is 2.26. The Bertz CT molecular complexity index is 514. The van der Waals surface area contributed by atoms with Crippen molar-refractivity contribution in [2.45, 2.75) is 12.5 Å². The van der Waals surface area contributed by atoms with E-state index in [1.54, 1.807) is 19.3 Å². The zero-order valence-electron chi connectivity index (χ0n) is 10.0. The summed E-state index contributed by atoms with van der Waals surface area (Å²) in [5.74, 6) is -1.62. The first-order valence-electron chi connectivity index (χ1n) is 5.73. The normalized spacial score (nSPS) is 12.4. The summed E-state index contributed by atoms with van der Waals surface area (Å²) in [4.78, 5) is 4.19. The van der Waals surface area contributed by atoms with Gasteiger partial charge in [-0.1, -0.05) is 18.2 Å². The molecule has 1 unspecified atom stereocenters. The maximum atomic E-state index is 13.7. The van der Waals surface area contributed by atoms with Gasteiger partial charge in [-0.25, -0.2) is 8.78 Å². The summed E-state index contributed by atoms with van der Waals surface area (Å²) in [5, 5.41) is 2.99. The molecule has 1 heterocycles. The van der Waals surface area contributed by atoms with Gasteiger partial charge in [0.25, 0.3) is 0 Å². The van der Waals surface area contributed by atoms with Crippen LogP contribution in [0.5, 0.6) is 0 Å². The summed E-state index contributed by atoms with van der Waals surface area (Å²) in [7, 11) is 1.72.